The van der Waals surface area contributed by atoms with Crippen molar-refractivity contribution in [2.45, 2.75) is 110 Å². The van der Waals surface area contributed by atoms with Crippen molar-refractivity contribution in [1.29, 1.82) is 0 Å². The maximum atomic E-state index is 14.9. The molecule has 1 heteroatoms. The van der Waals surface area contributed by atoms with Crippen LogP contribution in [0.3, 0.4) is 0 Å². The van der Waals surface area contributed by atoms with E-state index in [0.717, 1.165) is 53.6 Å². The summed E-state index contributed by atoms with van der Waals surface area (Å²) in [6, 6.07) is 6.08. The highest BCUT2D eigenvalue weighted by Gasteiger charge is 2.38. The number of hydrogen-bond acceptors (Lipinski definition) is 0. The summed E-state index contributed by atoms with van der Waals surface area (Å²) in [7, 11) is 0. The highest BCUT2D eigenvalue weighted by atomic mass is 19.1. The highest BCUT2D eigenvalue weighted by Crippen LogP contribution is 2.50. The molecule has 3 aliphatic rings. The lowest BCUT2D eigenvalue weighted by atomic mass is 9.60. The molecule has 0 saturated heterocycles. The van der Waals surface area contributed by atoms with Crippen molar-refractivity contribution >= 4 is 0 Å². The van der Waals surface area contributed by atoms with Gasteiger partial charge in [0.05, 0.1) is 0 Å². The topological polar surface area (TPSA) is 0 Å². The molecule has 0 radical (unpaired) electrons. The predicted octanol–water partition coefficient (Wildman–Crippen LogP) is 9.80. The van der Waals surface area contributed by atoms with E-state index in [0.29, 0.717) is 5.92 Å². The molecule has 0 N–H and O–H groups in total. The number of rotatable bonds is 8. The van der Waals surface area contributed by atoms with Crippen LogP contribution in [0, 0.1) is 35.4 Å². The molecule has 4 unspecified atom stereocenters. The van der Waals surface area contributed by atoms with Crippen molar-refractivity contribution < 1.29 is 4.39 Å². The second-order valence-corrected chi connectivity index (χ2v) is 11.5. The number of aryl methyl sites for hydroxylation is 1. The van der Waals surface area contributed by atoms with E-state index in [1.54, 1.807) is 6.07 Å². The number of fused-ring (bicyclic) bond motifs is 1. The summed E-state index contributed by atoms with van der Waals surface area (Å²) in [4.78, 5) is 0. The van der Waals surface area contributed by atoms with E-state index in [4.69, 9.17) is 0 Å². The quantitative estimate of drug-likeness (QED) is 0.346. The van der Waals surface area contributed by atoms with E-state index in [1.807, 2.05) is 6.92 Å². The van der Waals surface area contributed by atoms with Gasteiger partial charge in [0.25, 0.3) is 0 Å². The molecule has 0 spiro atoms. The number of hydrogen-bond donors (Lipinski definition) is 0. The van der Waals surface area contributed by atoms with Crippen LogP contribution in [0.5, 0.6) is 0 Å². The van der Waals surface area contributed by atoms with Gasteiger partial charge in [0.2, 0.25) is 0 Å². The number of allylic oxidation sites excluding steroid dienone is 4. The Labute approximate surface area is 203 Å². The third kappa shape index (κ3) is 6.61. The van der Waals surface area contributed by atoms with E-state index < -0.39 is 0 Å². The molecular weight excluding hydrogens is 403 g/mol. The zero-order chi connectivity index (χ0) is 23.0. The van der Waals surface area contributed by atoms with Crippen LogP contribution < -0.4 is 0 Å². The SMILES string of the molecule is C/C=C/CCc1ccc(C2CCC(C3CCC4CC(CC/C=C/C)CCC4C3)CC2)c(F)c1. The fraction of sp³-hybridized carbons (Fsp3) is 0.688. The Bertz CT molecular complexity index is 782. The van der Waals surface area contributed by atoms with Gasteiger partial charge in [-0.05, 0) is 150 Å². The van der Waals surface area contributed by atoms with Crippen molar-refractivity contribution in [3.63, 3.8) is 0 Å². The van der Waals surface area contributed by atoms with Gasteiger partial charge in [-0.3, -0.25) is 0 Å². The Balaban J connectivity index is 1.24. The first-order valence-electron chi connectivity index (χ1n) is 14.2. The van der Waals surface area contributed by atoms with Crippen LogP contribution in [-0.4, -0.2) is 0 Å². The summed E-state index contributed by atoms with van der Waals surface area (Å²) in [5.74, 6) is 5.34. The van der Waals surface area contributed by atoms with E-state index in [9.17, 15) is 4.39 Å². The van der Waals surface area contributed by atoms with Gasteiger partial charge in [-0.15, -0.1) is 0 Å². The molecule has 0 nitrogen and oxygen atoms in total. The minimum Gasteiger partial charge on any atom is -0.207 e. The Morgan fingerprint density at radius 3 is 2.12 bits per heavy atom. The molecule has 0 bridgehead atoms. The second kappa shape index (κ2) is 12.4. The lowest BCUT2D eigenvalue weighted by Crippen LogP contribution is -2.34. The molecule has 0 heterocycles. The van der Waals surface area contributed by atoms with Crippen LogP contribution in [0.15, 0.2) is 42.5 Å². The average molecular weight is 451 g/mol. The molecule has 1 aromatic carbocycles. The van der Waals surface area contributed by atoms with E-state index in [1.165, 1.54) is 77.0 Å². The number of halogens is 1. The zero-order valence-electron chi connectivity index (χ0n) is 21.3. The molecule has 4 rings (SSSR count). The molecule has 3 saturated carbocycles. The minimum atomic E-state index is 0.0446. The van der Waals surface area contributed by atoms with Crippen LogP contribution >= 0.6 is 0 Å². The summed E-state index contributed by atoms with van der Waals surface area (Å²) in [5.41, 5.74) is 2.12. The van der Waals surface area contributed by atoms with E-state index in [-0.39, 0.29) is 5.82 Å². The molecule has 0 aliphatic heterocycles. The predicted molar refractivity (Wildman–Crippen MR) is 140 cm³/mol. The van der Waals surface area contributed by atoms with Crippen molar-refractivity contribution in [2.24, 2.45) is 29.6 Å². The van der Waals surface area contributed by atoms with Gasteiger partial charge in [0, 0.05) is 0 Å². The molecule has 182 valence electrons. The molecule has 0 amide bonds. The minimum absolute atomic E-state index is 0.0446. The lowest BCUT2D eigenvalue weighted by Gasteiger charge is -2.45. The smallest absolute Gasteiger partial charge is 0.126 e. The van der Waals surface area contributed by atoms with E-state index in [2.05, 4.69) is 43.4 Å². The molecular formula is C32H47F. The van der Waals surface area contributed by atoms with Crippen LogP contribution in [0.1, 0.15) is 114 Å². The van der Waals surface area contributed by atoms with Crippen LogP contribution in [0.4, 0.5) is 4.39 Å². The molecule has 1 aromatic rings. The van der Waals surface area contributed by atoms with Crippen molar-refractivity contribution in [3.05, 3.63) is 59.4 Å². The Kier molecular flexibility index (Phi) is 9.27. The summed E-state index contributed by atoms with van der Waals surface area (Å²) in [6.45, 7) is 4.19. The molecule has 33 heavy (non-hydrogen) atoms. The Morgan fingerprint density at radius 1 is 0.758 bits per heavy atom. The van der Waals surface area contributed by atoms with Gasteiger partial charge in [0.1, 0.15) is 5.82 Å². The normalized spacial score (nSPS) is 32.9. The summed E-state index contributed by atoms with van der Waals surface area (Å²) >= 11 is 0. The molecule has 3 aliphatic carbocycles. The maximum absolute atomic E-state index is 14.9. The van der Waals surface area contributed by atoms with Crippen molar-refractivity contribution in [1.82, 2.24) is 0 Å². The highest BCUT2D eigenvalue weighted by molar-refractivity contribution is 5.28. The van der Waals surface area contributed by atoms with Crippen molar-refractivity contribution in [3.8, 4) is 0 Å². The first-order chi connectivity index (χ1) is 16.2. The van der Waals surface area contributed by atoms with Gasteiger partial charge < -0.3 is 0 Å². The second-order valence-electron chi connectivity index (χ2n) is 11.5. The van der Waals surface area contributed by atoms with Crippen LogP contribution in [0.2, 0.25) is 0 Å². The lowest BCUT2D eigenvalue weighted by molar-refractivity contribution is 0.0620. The molecule has 4 atom stereocenters. The summed E-state index contributed by atoms with van der Waals surface area (Å²) in [6.07, 6.45) is 27.4. The van der Waals surface area contributed by atoms with Gasteiger partial charge in [0.15, 0.2) is 0 Å². The summed E-state index contributed by atoms with van der Waals surface area (Å²) < 4.78 is 14.9. The van der Waals surface area contributed by atoms with Crippen LogP contribution in [0.25, 0.3) is 0 Å². The first kappa shape index (κ1) is 24.7. The molecule has 3 fully saturated rings. The largest absolute Gasteiger partial charge is 0.207 e. The van der Waals surface area contributed by atoms with Gasteiger partial charge >= 0.3 is 0 Å². The van der Waals surface area contributed by atoms with Gasteiger partial charge in [-0.25, -0.2) is 4.39 Å². The third-order valence-corrected chi connectivity index (χ3v) is 9.52. The summed E-state index contributed by atoms with van der Waals surface area (Å²) in [5, 5.41) is 0. The third-order valence-electron chi connectivity index (χ3n) is 9.52. The standard InChI is InChI=1S/C32H47F/c1-3-5-7-9-24-11-13-30-23-29(19-18-28(30)21-24)26-14-16-27(17-15-26)31-20-12-25(22-32(31)33)10-8-6-4-2/h3-6,12,20,22,24,26-30H,7-11,13-19,21,23H2,1-2H3/b5-3+,6-4+. The van der Waals surface area contributed by atoms with E-state index >= 15 is 0 Å². The number of benzene rings is 1. The Morgan fingerprint density at radius 2 is 1.39 bits per heavy atom. The van der Waals surface area contributed by atoms with Crippen molar-refractivity contribution in [2.75, 3.05) is 0 Å². The zero-order valence-corrected chi connectivity index (χ0v) is 21.3. The molecule has 0 aromatic heterocycles. The first-order valence-corrected chi connectivity index (χ1v) is 14.2. The monoisotopic (exact) mass is 450 g/mol. The van der Waals surface area contributed by atoms with Gasteiger partial charge in [-0.2, -0.15) is 0 Å². The van der Waals surface area contributed by atoms with Gasteiger partial charge in [-0.1, -0.05) is 42.9 Å². The maximum Gasteiger partial charge on any atom is 0.126 e. The fourth-order valence-corrected chi connectivity index (χ4v) is 7.59. The fourth-order valence-electron chi connectivity index (χ4n) is 7.59. The average Bonchev–Trinajstić information content (AvgIpc) is 2.84. The Hall–Kier alpha value is -1.37. The van der Waals surface area contributed by atoms with Crippen LogP contribution in [-0.2, 0) is 6.42 Å².